The highest BCUT2D eigenvalue weighted by molar-refractivity contribution is 7.99. The van der Waals surface area contributed by atoms with Gasteiger partial charge in [-0.3, -0.25) is 0 Å². The molecule has 0 bridgehead atoms. The molecule has 2 aromatic heterocycles. The molecule has 112 valence electrons. The van der Waals surface area contributed by atoms with Crippen molar-refractivity contribution < 1.29 is 4.39 Å². The molecular weight excluding hydrogens is 297 g/mol. The zero-order chi connectivity index (χ0) is 14.9. The first-order valence-corrected chi connectivity index (χ1v) is 8.60. The standard InChI is InChI=1S/C17H16FN3S/c18-14-5-3-12(4-6-14)10-21-16(13-7-9-22-11-13)20-15-2-1-8-19-17(15)21/h1-6,8,13H,7,9-11H2. The number of fused-ring (bicyclic) bond motifs is 1. The van der Waals surface area contributed by atoms with Crippen LogP contribution in [0.5, 0.6) is 0 Å². The monoisotopic (exact) mass is 313 g/mol. The largest absolute Gasteiger partial charge is 0.308 e. The molecule has 22 heavy (non-hydrogen) atoms. The third-order valence-electron chi connectivity index (χ3n) is 4.08. The van der Waals surface area contributed by atoms with E-state index in [-0.39, 0.29) is 5.82 Å². The molecule has 1 aromatic carbocycles. The Morgan fingerprint density at radius 3 is 2.86 bits per heavy atom. The third-order valence-corrected chi connectivity index (χ3v) is 5.24. The maximum atomic E-state index is 13.1. The Kier molecular flexibility index (Phi) is 3.58. The predicted molar refractivity (Wildman–Crippen MR) is 87.7 cm³/mol. The fourth-order valence-corrected chi connectivity index (χ4v) is 4.17. The van der Waals surface area contributed by atoms with Crippen molar-refractivity contribution in [3.63, 3.8) is 0 Å². The Hall–Kier alpha value is -1.88. The third kappa shape index (κ3) is 2.50. The summed E-state index contributed by atoms with van der Waals surface area (Å²) in [6, 6.07) is 10.6. The average Bonchev–Trinajstić information content (AvgIpc) is 3.18. The van der Waals surface area contributed by atoms with Gasteiger partial charge in [0.1, 0.15) is 17.2 Å². The van der Waals surface area contributed by atoms with Crippen molar-refractivity contribution in [3.05, 3.63) is 59.8 Å². The minimum atomic E-state index is -0.204. The number of rotatable bonds is 3. The van der Waals surface area contributed by atoms with Crippen LogP contribution in [0.2, 0.25) is 0 Å². The molecule has 3 aromatic rings. The summed E-state index contributed by atoms with van der Waals surface area (Å²) in [4.78, 5) is 9.33. The first-order chi connectivity index (χ1) is 10.8. The summed E-state index contributed by atoms with van der Waals surface area (Å²) in [7, 11) is 0. The number of nitrogens with zero attached hydrogens (tertiary/aromatic N) is 3. The molecule has 0 spiro atoms. The zero-order valence-electron chi connectivity index (χ0n) is 12.1. The van der Waals surface area contributed by atoms with Gasteiger partial charge < -0.3 is 4.57 Å². The fraction of sp³-hybridized carbons (Fsp3) is 0.294. The molecule has 0 aliphatic carbocycles. The number of hydrogen-bond donors (Lipinski definition) is 0. The van der Waals surface area contributed by atoms with E-state index in [0.717, 1.165) is 34.7 Å². The van der Waals surface area contributed by atoms with Crippen LogP contribution in [0.1, 0.15) is 23.7 Å². The Labute approximate surface area is 132 Å². The number of thioether (sulfide) groups is 1. The van der Waals surface area contributed by atoms with Crippen molar-refractivity contribution in [2.24, 2.45) is 0 Å². The van der Waals surface area contributed by atoms with E-state index < -0.39 is 0 Å². The van der Waals surface area contributed by atoms with Gasteiger partial charge in [-0.1, -0.05) is 12.1 Å². The maximum absolute atomic E-state index is 13.1. The van der Waals surface area contributed by atoms with E-state index in [1.54, 1.807) is 6.20 Å². The smallest absolute Gasteiger partial charge is 0.160 e. The quantitative estimate of drug-likeness (QED) is 0.736. The van der Waals surface area contributed by atoms with Crippen LogP contribution in [0.15, 0.2) is 42.6 Å². The first-order valence-electron chi connectivity index (χ1n) is 7.44. The van der Waals surface area contributed by atoms with Crippen LogP contribution in [0.4, 0.5) is 4.39 Å². The lowest BCUT2D eigenvalue weighted by molar-refractivity contribution is 0.624. The van der Waals surface area contributed by atoms with Gasteiger partial charge in [0.25, 0.3) is 0 Å². The number of imidazole rings is 1. The maximum Gasteiger partial charge on any atom is 0.160 e. The Morgan fingerprint density at radius 2 is 2.09 bits per heavy atom. The van der Waals surface area contributed by atoms with Crippen LogP contribution in [-0.4, -0.2) is 26.0 Å². The summed E-state index contributed by atoms with van der Waals surface area (Å²) in [5.41, 5.74) is 2.92. The summed E-state index contributed by atoms with van der Waals surface area (Å²) >= 11 is 1.98. The molecule has 1 unspecified atom stereocenters. The van der Waals surface area contributed by atoms with Gasteiger partial charge in [0, 0.05) is 17.9 Å². The van der Waals surface area contributed by atoms with E-state index in [1.807, 2.05) is 36.0 Å². The molecular formula is C17H16FN3S. The minimum Gasteiger partial charge on any atom is -0.308 e. The van der Waals surface area contributed by atoms with Crippen molar-refractivity contribution in [2.45, 2.75) is 18.9 Å². The molecule has 0 N–H and O–H groups in total. The number of hydrogen-bond acceptors (Lipinski definition) is 3. The molecule has 5 heteroatoms. The van der Waals surface area contributed by atoms with Gasteiger partial charge in [-0.05, 0) is 42.0 Å². The van der Waals surface area contributed by atoms with E-state index >= 15 is 0 Å². The van der Waals surface area contributed by atoms with Crippen molar-refractivity contribution in [1.82, 2.24) is 14.5 Å². The Bertz CT molecular complexity index is 791. The van der Waals surface area contributed by atoms with E-state index in [9.17, 15) is 4.39 Å². The second-order valence-corrected chi connectivity index (χ2v) is 6.74. The molecule has 0 amide bonds. The van der Waals surface area contributed by atoms with Crippen molar-refractivity contribution in [1.29, 1.82) is 0 Å². The van der Waals surface area contributed by atoms with Crippen LogP contribution in [-0.2, 0) is 6.54 Å². The highest BCUT2D eigenvalue weighted by atomic mass is 32.2. The van der Waals surface area contributed by atoms with Gasteiger partial charge in [0.15, 0.2) is 5.65 Å². The first kappa shape index (κ1) is 13.8. The second kappa shape index (κ2) is 5.72. The van der Waals surface area contributed by atoms with E-state index in [4.69, 9.17) is 4.98 Å². The van der Waals surface area contributed by atoms with E-state index in [0.29, 0.717) is 12.5 Å². The van der Waals surface area contributed by atoms with Crippen LogP contribution >= 0.6 is 11.8 Å². The molecule has 4 rings (SSSR count). The van der Waals surface area contributed by atoms with Gasteiger partial charge in [0.05, 0.1) is 6.54 Å². The molecule has 0 saturated carbocycles. The number of benzene rings is 1. The summed E-state index contributed by atoms with van der Waals surface area (Å²) in [5.74, 6) is 3.71. The molecule has 3 nitrogen and oxygen atoms in total. The lowest BCUT2D eigenvalue weighted by atomic mass is 10.1. The van der Waals surface area contributed by atoms with Crippen LogP contribution in [0.25, 0.3) is 11.2 Å². The van der Waals surface area contributed by atoms with Gasteiger partial charge in [-0.25, -0.2) is 14.4 Å². The molecule has 3 heterocycles. The van der Waals surface area contributed by atoms with Crippen LogP contribution < -0.4 is 0 Å². The van der Waals surface area contributed by atoms with E-state index in [2.05, 4.69) is 9.55 Å². The van der Waals surface area contributed by atoms with Gasteiger partial charge in [-0.2, -0.15) is 11.8 Å². The van der Waals surface area contributed by atoms with Crippen molar-refractivity contribution in [3.8, 4) is 0 Å². The predicted octanol–water partition coefficient (Wildman–Crippen LogP) is 3.84. The number of halogens is 1. The molecule has 1 fully saturated rings. The van der Waals surface area contributed by atoms with Crippen LogP contribution in [0, 0.1) is 5.82 Å². The lowest BCUT2D eigenvalue weighted by Crippen LogP contribution is -2.10. The molecule has 1 aliphatic rings. The number of aromatic nitrogens is 3. The summed E-state index contributed by atoms with van der Waals surface area (Å²) < 4.78 is 15.3. The molecule has 1 saturated heterocycles. The van der Waals surface area contributed by atoms with Gasteiger partial charge >= 0.3 is 0 Å². The fourth-order valence-electron chi connectivity index (χ4n) is 2.95. The van der Waals surface area contributed by atoms with Gasteiger partial charge in [0.2, 0.25) is 0 Å². The molecule has 1 aliphatic heterocycles. The highest BCUT2D eigenvalue weighted by Crippen LogP contribution is 2.33. The lowest BCUT2D eigenvalue weighted by Gasteiger charge is -2.12. The Morgan fingerprint density at radius 1 is 1.23 bits per heavy atom. The van der Waals surface area contributed by atoms with Crippen molar-refractivity contribution in [2.75, 3.05) is 11.5 Å². The second-order valence-electron chi connectivity index (χ2n) is 5.59. The zero-order valence-corrected chi connectivity index (χ0v) is 12.9. The summed E-state index contributed by atoms with van der Waals surface area (Å²) in [6.07, 6.45) is 2.97. The normalized spacial score (nSPS) is 18.1. The molecule has 0 radical (unpaired) electrons. The number of pyridine rings is 1. The highest BCUT2D eigenvalue weighted by Gasteiger charge is 2.24. The van der Waals surface area contributed by atoms with Crippen molar-refractivity contribution >= 4 is 22.9 Å². The van der Waals surface area contributed by atoms with Gasteiger partial charge in [-0.15, -0.1) is 0 Å². The molecule has 1 atom stereocenters. The van der Waals surface area contributed by atoms with Crippen LogP contribution in [0.3, 0.4) is 0 Å². The van der Waals surface area contributed by atoms with E-state index in [1.165, 1.54) is 17.9 Å². The summed E-state index contributed by atoms with van der Waals surface area (Å²) in [5, 5.41) is 0. The topological polar surface area (TPSA) is 30.7 Å². The Balaban J connectivity index is 1.79. The SMILES string of the molecule is Fc1ccc(Cn2c(C3CCSC3)nc3cccnc32)cc1. The summed E-state index contributed by atoms with van der Waals surface area (Å²) in [6.45, 7) is 0.685. The average molecular weight is 313 g/mol. The minimum absolute atomic E-state index is 0.204.